The molecule has 1 N–H and O–H groups in total. The average molecular weight is 475 g/mol. The number of thioether (sulfide) groups is 1. The lowest BCUT2D eigenvalue weighted by Crippen LogP contribution is -2.16. The molecule has 0 fully saturated rings. The van der Waals surface area contributed by atoms with Crippen molar-refractivity contribution in [3.8, 4) is 5.75 Å². The maximum atomic E-state index is 12.5. The van der Waals surface area contributed by atoms with Crippen molar-refractivity contribution >= 4 is 40.0 Å². The Labute approximate surface area is 195 Å². The monoisotopic (exact) mass is 474 g/mol. The number of esters is 1. The van der Waals surface area contributed by atoms with E-state index >= 15 is 0 Å². The zero-order valence-corrected chi connectivity index (χ0v) is 20.3. The minimum absolute atomic E-state index is 0.124. The Balaban J connectivity index is 1.61. The predicted octanol–water partition coefficient (Wildman–Crippen LogP) is 4.40. The second-order valence-corrected chi connectivity index (χ2v) is 9.19. The minimum atomic E-state index is -0.468. The smallest absolute Gasteiger partial charge is 0.340 e. The van der Waals surface area contributed by atoms with Crippen LogP contribution < -0.4 is 10.1 Å². The van der Waals surface area contributed by atoms with Gasteiger partial charge in [0.25, 0.3) is 0 Å². The second kappa shape index (κ2) is 10.6. The molecule has 2 aromatic heterocycles. The summed E-state index contributed by atoms with van der Waals surface area (Å²) in [5.41, 5.74) is 1.53. The first-order valence-corrected chi connectivity index (χ1v) is 11.9. The number of benzene rings is 1. The fraction of sp³-hybridized carbons (Fsp3) is 0.364. The molecule has 3 aromatic rings. The minimum Gasteiger partial charge on any atom is -0.483 e. The number of hydrogen-bond acceptors (Lipinski definition) is 8. The third-order valence-electron chi connectivity index (χ3n) is 4.69. The highest BCUT2D eigenvalue weighted by Crippen LogP contribution is 2.30. The van der Waals surface area contributed by atoms with Crippen LogP contribution in [0.15, 0.2) is 35.5 Å². The molecular formula is C22H26N4O4S2. The number of nitrogens with one attached hydrogen (secondary N) is 1. The van der Waals surface area contributed by atoms with Gasteiger partial charge in [-0.3, -0.25) is 4.79 Å². The van der Waals surface area contributed by atoms with Crippen molar-refractivity contribution in [1.82, 2.24) is 14.8 Å². The zero-order chi connectivity index (χ0) is 23.3. The number of nitrogens with zero attached hydrogens (tertiary/aromatic N) is 3. The summed E-state index contributed by atoms with van der Waals surface area (Å²) in [4.78, 5) is 25.5. The first-order chi connectivity index (χ1) is 15.3. The van der Waals surface area contributed by atoms with Gasteiger partial charge in [-0.15, -0.1) is 21.5 Å². The van der Waals surface area contributed by atoms with E-state index < -0.39 is 5.97 Å². The highest BCUT2D eigenvalue weighted by molar-refractivity contribution is 7.99. The lowest BCUT2D eigenvalue weighted by atomic mass is 10.2. The van der Waals surface area contributed by atoms with Gasteiger partial charge in [-0.2, -0.15) is 0 Å². The van der Waals surface area contributed by atoms with Crippen LogP contribution in [0.2, 0.25) is 0 Å². The maximum absolute atomic E-state index is 12.5. The maximum Gasteiger partial charge on any atom is 0.340 e. The van der Waals surface area contributed by atoms with Crippen molar-refractivity contribution in [3.05, 3.63) is 52.2 Å². The summed E-state index contributed by atoms with van der Waals surface area (Å²) < 4.78 is 12.6. The van der Waals surface area contributed by atoms with Crippen molar-refractivity contribution in [2.75, 3.05) is 18.2 Å². The van der Waals surface area contributed by atoms with Crippen LogP contribution in [0.25, 0.3) is 0 Å². The first-order valence-electron chi connectivity index (χ1n) is 10.1. The molecule has 1 aromatic carbocycles. The molecule has 0 aliphatic carbocycles. The number of carbonyl (C=O) groups excluding carboxylic acids is 2. The van der Waals surface area contributed by atoms with E-state index in [0.29, 0.717) is 21.5 Å². The van der Waals surface area contributed by atoms with Crippen LogP contribution in [0, 0.1) is 6.92 Å². The molecule has 0 radical (unpaired) electrons. The van der Waals surface area contributed by atoms with Gasteiger partial charge in [-0.1, -0.05) is 36.4 Å². The van der Waals surface area contributed by atoms with Crippen molar-refractivity contribution in [3.63, 3.8) is 0 Å². The van der Waals surface area contributed by atoms with E-state index in [2.05, 4.69) is 15.5 Å². The molecule has 32 heavy (non-hydrogen) atoms. The van der Waals surface area contributed by atoms with E-state index in [4.69, 9.17) is 9.47 Å². The van der Waals surface area contributed by atoms with Crippen LogP contribution in [-0.2, 0) is 23.0 Å². The summed E-state index contributed by atoms with van der Waals surface area (Å²) in [6, 6.07) is 9.56. The molecule has 10 heteroatoms. The van der Waals surface area contributed by atoms with Crippen LogP contribution in [0.4, 0.5) is 5.00 Å². The number of methoxy groups -OCH3 is 1. The van der Waals surface area contributed by atoms with E-state index in [1.165, 1.54) is 30.2 Å². The second-order valence-electron chi connectivity index (χ2n) is 7.11. The standard InChI is InChI=1S/C22H26N4O4S2/c1-6-16-11-17(21(28)29-5)20(32-16)23-18(27)12-31-22-25-24-19(26(22)4)14(3)30-15-9-7-13(2)8-10-15/h7-11,14H,6,12H2,1-5H3,(H,23,27). The number of aromatic nitrogens is 3. The van der Waals surface area contributed by atoms with Gasteiger partial charge < -0.3 is 19.4 Å². The molecule has 0 spiro atoms. The summed E-state index contributed by atoms with van der Waals surface area (Å²) in [5.74, 6) is 0.831. The normalized spacial score (nSPS) is 11.8. The molecule has 0 aliphatic rings. The molecule has 8 nitrogen and oxygen atoms in total. The van der Waals surface area contributed by atoms with Crippen molar-refractivity contribution in [2.24, 2.45) is 7.05 Å². The molecule has 0 saturated carbocycles. The van der Waals surface area contributed by atoms with Crippen LogP contribution >= 0.6 is 23.1 Å². The van der Waals surface area contributed by atoms with Gasteiger partial charge in [0.2, 0.25) is 5.91 Å². The number of carbonyl (C=O) groups is 2. The van der Waals surface area contributed by atoms with Gasteiger partial charge in [0.15, 0.2) is 17.1 Å². The first kappa shape index (κ1) is 23.8. The lowest BCUT2D eigenvalue weighted by molar-refractivity contribution is -0.113. The van der Waals surface area contributed by atoms with E-state index in [0.717, 1.165) is 22.6 Å². The Morgan fingerprint density at radius 3 is 2.62 bits per heavy atom. The molecule has 1 amide bonds. The molecule has 0 aliphatic heterocycles. The Morgan fingerprint density at radius 1 is 1.25 bits per heavy atom. The Kier molecular flexibility index (Phi) is 7.92. The average Bonchev–Trinajstić information content (AvgIpc) is 3.36. The number of rotatable bonds is 9. The molecule has 1 unspecified atom stereocenters. The molecular weight excluding hydrogens is 448 g/mol. The zero-order valence-electron chi connectivity index (χ0n) is 18.7. The SMILES string of the molecule is CCc1cc(C(=O)OC)c(NC(=O)CSc2nnc(C(C)Oc3ccc(C)cc3)n2C)s1. The number of amides is 1. The van der Waals surface area contributed by atoms with Gasteiger partial charge in [0.05, 0.1) is 18.4 Å². The topological polar surface area (TPSA) is 95.3 Å². The highest BCUT2D eigenvalue weighted by Gasteiger charge is 2.20. The van der Waals surface area contributed by atoms with Crippen LogP contribution in [0.3, 0.4) is 0 Å². The van der Waals surface area contributed by atoms with Crippen LogP contribution in [0.1, 0.15) is 46.6 Å². The number of anilines is 1. The Bertz CT molecular complexity index is 1090. The quantitative estimate of drug-likeness (QED) is 0.363. The molecule has 1 atom stereocenters. The summed E-state index contributed by atoms with van der Waals surface area (Å²) in [6.07, 6.45) is 0.462. The van der Waals surface area contributed by atoms with Crippen LogP contribution in [-0.4, -0.2) is 39.5 Å². The third kappa shape index (κ3) is 5.68. The summed E-state index contributed by atoms with van der Waals surface area (Å²) in [7, 11) is 3.16. The van der Waals surface area contributed by atoms with Gasteiger partial charge in [-0.25, -0.2) is 4.79 Å². The van der Waals surface area contributed by atoms with E-state index in [1.54, 1.807) is 6.07 Å². The molecule has 0 saturated heterocycles. The highest BCUT2D eigenvalue weighted by atomic mass is 32.2. The van der Waals surface area contributed by atoms with Gasteiger partial charge in [0.1, 0.15) is 10.8 Å². The van der Waals surface area contributed by atoms with E-state index in [9.17, 15) is 9.59 Å². The fourth-order valence-corrected chi connectivity index (χ4v) is 4.66. The predicted molar refractivity (Wildman–Crippen MR) is 126 cm³/mol. The number of aryl methyl sites for hydroxylation is 2. The lowest BCUT2D eigenvalue weighted by Gasteiger charge is -2.14. The summed E-state index contributed by atoms with van der Waals surface area (Å²) >= 11 is 2.64. The van der Waals surface area contributed by atoms with Gasteiger partial charge in [0, 0.05) is 11.9 Å². The largest absolute Gasteiger partial charge is 0.483 e. The van der Waals surface area contributed by atoms with Crippen molar-refractivity contribution in [2.45, 2.75) is 38.5 Å². The van der Waals surface area contributed by atoms with E-state index in [1.807, 2.05) is 56.7 Å². The summed E-state index contributed by atoms with van der Waals surface area (Å²) in [6.45, 7) is 5.91. The van der Waals surface area contributed by atoms with E-state index in [-0.39, 0.29) is 17.8 Å². The number of ether oxygens (including phenoxy) is 2. The van der Waals surface area contributed by atoms with Gasteiger partial charge >= 0.3 is 5.97 Å². The Morgan fingerprint density at radius 2 is 1.97 bits per heavy atom. The number of hydrogen-bond donors (Lipinski definition) is 1. The Hall–Kier alpha value is -2.85. The number of thiophene rings is 1. The molecule has 170 valence electrons. The van der Waals surface area contributed by atoms with Crippen LogP contribution in [0.5, 0.6) is 5.75 Å². The third-order valence-corrected chi connectivity index (χ3v) is 6.90. The fourth-order valence-electron chi connectivity index (χ4n) is 2.94. The molecule has 3 rings (SSSR count). The van der Waals surface area contributed by atoms with Crippen molar-refractivity contribution < 1.29 is 19.1 Å². The molecule has 0 bridgehead atoms. The van der Waals surface area contributed by atoms with Gasteiger partial charge in [-0.05, 0) is 38.5 Å². The summed E-state index contributed by atoms with van der Waals surface area (Å²) in [5, 5.41) is 12.3. The van der Waals surface area contributed by atoms with Crippen molar-refractivity contribution in [1.29, 1.82) is 0 Å². The molecule has 2 heterocycles.